The van der Waals surface area contributed by atoms with E-state index in [1.807, 2.05) is 26.0 Å². The summed E-state index contributed by atoms with van der Waals surface area (Å²) in [5.74, 6) is 0.143. The van der Waals surface area contributed by atoms with Gasteiger partial charge >= 0.3 is 11.9 Å². The first kappa shape index (κ1) is 27.7. The first-order valence-electron chi connectivity index (χ1n) is 13.2. The van der Waals surface area contributed by atoms with E-state index in [0.29, 0.717) is 12.2 Å². The lowest BCUT2D eigenvalue weighted by molar-refractivity contribution is -0.134. The Morgan fingerprint density at radius 1 is 1.06 bits per heavy atom. The zero-order valence-corrected chi connectivity index (χ0v) is 21.5. The summed E-state index contributed by atoms with van der Waals surface area (Å²) in [6.45, 7) is 8.00. The van der Waals surface area contributed by atoms with Gasteiger partial charge in [0.1, 0.15) is 5.75 Å². The minimum Gasteiger partial charge on any atom is -0.491 e. The highest BCUT2D eigenvalue weighted by molar-refractivity contribution is 5.89. The maximum absolute atomic E-state index is 9.55. The molecular formula is C28H40N2O6. The lowest BCUT2D eigenvalue weighted by Gasteiger charge is -2.35. The van der Waals surface area contributed by atoms with Gasteiger partial charge in [0.2, 0.25) is 0 Å². The fourth-order valence-electron chi connectivity index (χ4n) is 5.17. The van der Waals surface area contributed by atoms with Gasteiger partial charge in [-0.05, 0) is 89.4 Å². The predicted molar refractivity (Wildman–Crippen MR) is 138 cm³/mol. The van der Waals surface area contributed by atoms with Crippen molar-refractivity contribution in [2.75, 3.05) is 19.6 Å². The Labute approximate surface area is 213 Å². The minimum absolute atomic E-state index is 0.170. The first-order valence-corrected chi connectivity index (χ1v) is 13.2. The largest absolute Gasteiger partial charge is 0.491 e. The Balaban J connectivity index is 0.000000392. The van der Waals surface area contributed by atoms with Crippen LogP contribution in [0.3, 0.4) is 0 Å². The van der Waals surface area contributed by atoms with Gasteiger partial charge in [-0.3, -0.25) is 0 Å². The molecule has 2 fully saturated rings. The van der Waals surface area contributed by atoms with Crippen LogP contribution in [0.15, 0.2) is 34.9 Å². The number of aromatic nitrogens is 1. The average molecular weight is 501 g/mol. The number of aliphatic carboxylic acids is 2. The average Bonchev–Trinajstić information content (AvgIpc) is 3.25. The molecule has 36 heavy (non-hydrogen) atoms. The molecule has 198 valence electrons. The zero-order valence-electron chi connectivity index (χ0n) is 21.5. The smallest absolute Gasteiger partial charge is 0.328 e. The topological polar surface area (TPSA) is 113 Å². The summed E-state index contributed by atoms with van der Waals surface area (Å²) >= 11 is 0. The van der Waals surface area contributed by atoms with E-state index in [2.05, 4.69) is 16.1 Å². The monoisotopic (exact) mass is 500 g/mol. The Bertz CT molecular complexity index is 985. The summed E-state index contributed by atoms with van der Waals surface area (Å²) < 4.78 is 11.3. The van der Waals surface area contributed by atoms with Crippen molar-refractivity contribution >= 4 is 22.9 Å². The van der Waals surface area contributed by atoms with Crippen molar-refractivity contribution in [3.63, 3.8) is 0 Å². The SMILES string of the molecule is CC(C)Oc1ccc2c(CCC3CCN(CC4CCCCC4)CC3)noc2c1.O=C(O)/C=C/C(=O)O. The molecule has 1 saturated carbocycles. The third-order valence-electron chi connectivity index (χ3n) is 7.00. The Hall–Kier alpha value is -2.87. The molecule has 0 unspecified atom stereocenters. The van der Waals surface area contributed by atoms with Gasteiger partial charge in [-0.2, -0.15) is 0 Å². The number of hydrogen-bond donors (Lipinski definition) is 2. The fourth-order valence-corrected chi connectivity index (χ4v) is 5.17. The second-order valence-corrected chi connectivity index (χ2v) is 10.3. The number of ether oxygens (including phenoxy) is 1. The Morgan fingerprint density at radius 3 is 2.33 bits per heavy atom. The molecule has 0 amide bonds. The molecule has 0 bridgehead atoms. The van der Waals surface area contributed by atoms with Crippen LogP contribution in [0.5, 0.6) is 5.75 Å². The van der Waals surface area contributed by atoms with Crippen molar-refractivity contribution in [3.8, 4) is 5.75 Å². The molecule has 0 radical (unpaired) electrons. The summed E-state index contributed by atoms with van der Waals surface area (Å²) in [4.78, 5) is 21.8. The van der Waals surface area contributed by atoms with Crippen molar-refractivity contribution in [1.82, 2.24) is 10.1 Å². The number of carboxylic acids is 2. The van der Waals surface area contributed by atoms with E-state index >= 15 is 0 Å². The molecule has 2 N–H and O–H groups in total. The maximum atomic E-state index is 9.55. The van der Waals surface area contributed by atoms with Crippen molar-refractivity contribution < 1.29 is 29.1 Å². The highest BCUT2D eigenvalue weighted by Gasteiger charge is 2.23. The van der Waals surface area contributed by atoms with Gasteiger partial charge in [-0.15, -0.1) is 0 Å². The summed E-state index contributed by atoms with van der Waals surface area (Å²) in [6, 6.07) is 6.11. The molecule has 8 heteroatoms. The van der Waals surface area contributed by atoms with E-state index in [1.54, 1.807) is 0 Å². The number of carbonyl (C=O) groups is 2. The first-order chi connectivity index (χ1) is 17.3. The van der Waals surface area contributed by atoms with Gasteiger partial charge in [-0.25, -0.2) is 9.59 Å². The van der Waals surface area contributed by atoms with Crippen LogP contribution in [-0.4, -0.2) is 57.9 Å². The van der Waals surface area contributed by atoms with Crippen molar-refractivity contribution in [1.29, 1.82) is 0 Å². The molecule has 1 aromatic carbocycles. The molecular weight excluding hydrogens is 460 g/mol. The Morgan fingerprint density at radius 2 is 1.72 bits per heavy atom. The van der Waals surface area contributed by atoms with Gasteiger partial charge < -0.3 is 24.4 Å². The summed E-state index contributed by atoms with van der Waals surface area (Å²) in [6.07, 6.45) is 13.5. The molecule has 2 aromatic rings. The number of rotatable bonds is 9. The van der Waals surface area contributed by atoms with Crippen LogP contribution in [0.4, 0.5) is 0 Å². The summed E-state index contributed by atoms with van der Waals surface area (Å²) in [5.41, 5.74) is 1.95. The molecule has 0 atom stereocenters. The van der Waals surface area contributed by atoms with Crippen LogP contribution >= 0.6 is 0 Å². The molecule has 1 aromatic heterocycles. The normalized spacial score (nSPS) is 17.9. The van der Waals surface area contributed by atoms with E-state index in [4.69, 9.17) is 19.5 Å². The minimum atomic E-state index is -1.26. The highest BCUT2D eigenvalue weighted by atomic mass is 16.5. The van der Waals surface area contributed by atoms with Crippen molar-refractivity contribution in [2.45, 2.75) is 77.7 Å². The highest BCUT2D eigenvalue weighted by Crippen LogP contribution is 2.29. The van der Waals surface area contributed by atoms with E-state index in [9.17, 15) is 9.59 Å². The van der Waals surface area contributed by atoms with E-state index < -0.39 is 11.9 Å². The van der Waals surface area contributed by atoms with Crippen LogP contribution in [-0.2, 0) is 16.0 Å². The second kappa shape index (κ2) is 14.0. The maximum Gasteiger partial charge on any atom is 0.328 e. The van der Waals surface area contributed by atoms with E-state index in [-0.39, 0.29) is 6.10 Å². The number of nitrogens with zero attached hydrogens (tertiary/aromatic N) is 2. The number of piperidine rings is 1. The van der Waals surface area contributed by atoms with E-state index in [1.165, 1.54) is 71.0 Å². The van der Waals surface area contributed by atoms with Gasteiger partial charge in [0, 0.05) is 30.1 Å². The molecule has 2 aliphatic rings. The second-order valence-electron chi connectivity index (χ2n) is 10.3. The lowest BCUT2D eigenvalue weighted by atomic mass is 9.87. The number of aryl methyl sites for hydroxylation is 1. The van der Waals surface area contributed by atoms with E-state index in [0.717, 1.165) is 40.7 Å². The number of benzene rings is 1. The summed E-state index contributed by atoms with van der Waals surface area (Å²) in [5, 5.41) is 21.1. The van der Waals surface area contributed by atoms with Crippen LogP contribution in [0.25, 0.3) is 11.0 Å². The van der Waals surface area contributed by atoms with Gasteiger partial charge in [-0.1, -0.05) is 24.4 Å². The molecule has 0 spiro atoms. The third-order valence-corrected chi connectivity index (χ3v) is 7.00. The molecule has 8 nitrogen and oxygen atoms in total. The zero-order chi connectivity index (χ0) is 25.9. The van der Waals surface area contributed by atoms with Crippen molar-refractivity contribution in [3.05, 3.63) is 36.0 Å². The number of hydrogen-bond acceptors (Lipinski definition) is 6. The quantitative estimate of drug-likeness (QED) is 0.431. The molecule has 1 aliphatic carbocycles. The Kier molecular flexibility index (Phi) is 10.8. The van der Waals surface area contributed by atoms with Crippen LogP contribution in [0, 0.1) is 11.8 Å². The number of carboxylic acid groups (broad SMARTS) is 2. The van der Waals surface area contributed by atoms with Crippen molar-refractivity contribution in [2.24, 2.45) is 11.8 Å². The molecule has 1 aliphatic heterocycles. The van der Waals surface area contributed by atoms with Crippen LogP contribution in [0.1, 0.15) is 70.9 Å². The van der Waals surface area contributed by atoms with Gasteiger partial charge in [0.15, 0.2) is 5.58 Å². The third kappa shape index (κ3) is 9.30. The number of fused-ring (bicyclic) bond motifs is 1. The van der Waals surface area contributed by atoms with Gasteiger partial charge in [0.05, 0.1) is 11.8 Å². The van der Waals surface area contributed by atoms with Crippen LogP contribution in [0.2, 0.25) is 0 Å². The summed E-state index contributed by atoms with van der Waals surface area (Å²) in [7, 11) is 0. The molecule has 2 heterocycles. The number of likely N-dealkylation sites (tertiary alicyclic amines) is 1. The lowest BCUT2D eigenvalue weighted by Crippen LogP contribution is -2.37. The standard InChI is InChI=1S/C24H36N2O2.C4H4O4/c1-18(2)27-21-9-10-22-23(25-28-24(22)16-21)11-8-19-12-14-26(15-13-19)17-20-6-4-3-5-7-20;5-3(6)1-2-4(7)8/h9-10,16,18-20H,3-8,11-15,17H2,1-2H3;1-2H,(H,5,6)(H,7,8)/b;2-1+. The van der Waals surface area contributed by atoms with Gasteiger partial charge in [0.25, 0.3) is 0 Å². The molecule has 4 rings (SSSR count). The predicted octanol–water partition coefficient (Wildman–Crippen LogP) is 5.55. The van der Waals surface area contributed by atoms with Crippen LogP contribution < -0.4 is 4.74 Å². The fraction of sp³-hybridized carbons (Fsp3) is 0.607. The molecule has 1 saturated heterocycles.